The summed E-state index contributed by atoms with van der Waals surface area (Å²) >= 11 is -1.61. The van der Waals surface area contributed by atoms with Crippen LogP contribution in [-0.4, -0.2) is 34.7 Å². The third-order valence-electron chi connectivity index (χ3n) is 10.8. The molecule has 0 atom stereocenters. The Morgan fingerprint density at radius 1 is 0.562 bits per heavy atom. The van der Waals surface area contributed by atoms with Crippen LogP contribution in [0.1, 0.15) is 113 Å². The van der Waals surface area contributed by atoms with E-state index in [1.54, 1.807) is 96.3 Å². The number of hydrogen-bond donors (Lipinski definition) is 0. The Morgan fingerprint density at radius 2 is 0.938 bits per heavy atom. The third-order valence-corrected chi connectivity index (χ3v) is 17.2. The fraction of sp³-hybridized carbons (Fsp3) is 0.524. The molecule has 0 radical (unpaired) electrons. The van der Waals surface area contributed by atoms with Crippen LogP contribution in [0, 0.1) is 20.5 Å². The molecule has 4 fully saturated rings. The molecule has 6 heteroatoms. The molecule has 0 aromatic heterocycles. The number of benzene rings is 3. The maximum atomic E-state index is 5.67. The average molecular weight is 795 g/mol. The van der Waals surface area contributed by atoms with Crippen molar-refractivity contribution in [1.82, 2.24) is 0 Å². The number of anilines is 2. The Morgan fingerprint density at radius 3 is 1.29 bits per heavy atom. The zero-order valence-corrected chi connectivity index (χ0v) is 33.7. The van der Waals surface area contributed by atoms with E-state index in [-0.39, 0.29) is 7.92 Å². The van der Waals surface area contributed by atoms with E-state index in [1.165, 1.54) is 39.5 Å². The summed E-state index contributed by atoms with van der Waals surface area (Å²) in [5, 5.41) is 0. The van der Waals surface area contributed by atoms with E-state index in [2.05, 4.69) is 78.8 Å². The molecule has 4 aliphatic rings. The van der Waals surface area contributed by atoms with Gasteiger partial charge in [0, 0.05) is 32.4 Å². The summed E-state index contributed by atoms with van der Waals surface area (Å²) in [7, 11) is 11.3. The SMILES string of the molecule is C1CCC([PH+](C2CCCCC2)C2CCCCC2)CC1.Cc1ccc(N2[CH-]N(c3ccc(C)cc3)CC2)cc1.[Cl][Ru]([Cl])=[CH]c1ccccc1. The van der Waals surface area contributed by atoms with Crippen molar-refractivity contribution in [3.63, 3.8) is 0 Å². The van der Waals surface area contributed by atoms with Crippen LogP contribution in [-0.2, 0) is 13.5 Å². The molecule has 3 aliphatic carbocycles. The molecule has 0 N–H and O–H groups in total. The second-order valence-electron chi connectivity index (χ2n) is 14.4. The van der Waals surface area contributed by atoms with Gasteiger partial charge in [0.2, 0.25) is 0 Å². The second kappa shape index (κ2) is 20.6. The molecule has 2 nitrogen and oxygen atoms in total. The summed E-state index contributed by atoms with van der Waals surface area (Å²) in [6.45, 7) is 8.52. The monoisotopic (exact) mass is 794 g/mol. The number of rotatable bonds is 6. The van der Waals surface area contributed by atoms with Crippen molar-refractivity contribution in [3.8, 4) is 0 Å². The fourth-order valence-electron chi connectivity index (χ4n) is 8.28. The number of halogens is 2. The van der Waals surface area contributed by atoms with Gasteiger partial charge in [-0.25, -0.2) is 0 Å². The van der Waals surface area contributed by atoms with Gasteiger partial charge in [-0.3, -0.25) is 0 Å². The number of hydrogen-bond acceptors (Lipinski definition) is 2. The number of nitrogens with zero attached hydrogens (tertiary/aromatic N) is 2. The Hall–Kier alpha value is -1.24. The molecular formula is C42H59Cl2N2PRu. The molecule has 7 rings (SSSR count). The first-order valence-corrected chi connectivity index (χ1v) is 25.9. The van der Waals surface area contributed by atoms with Crippen molar-refractivity contribution in [2.45, 2.75) is 127 Å². The van der Waals surface area contributed by atoms with Crippen LogP contribution >= 0.6 is 27.3 Å². The predicted molar refractivity (Wildman–Crippen MR) is 214 cm³/mol. The molecule has 48 heavy (non-hydrogen) atoms. The van der Waals surface area contributed by atoms with Gasteiger partial charge in [0.05, 0.1) is 17.0 Å². The van der Waals surface area contributed by atoms with E-state index in [1.807, 2.05) is 34.9 Å². The van der Waals surface area contributed by atoms with Crippen molar-refractivity contribution >= 4 is 43.3 Å². The van der Waals surface area contributed by atoms with Gasteiger partial charge in [0.15, 0.2) is 0 Å². The topological polar surface area (TPSA) is 6.48 Å². The summed E-state index contributed by atoms with van der Waals surface area (Å²) in [5.74, 6) is 0. The Balaban J connectivity index is 0.000000148. The molecule has 3 aromatic rings. The molecule has 264 valence electrons. The summed E-state index contributed by atoms with van der Waals surface area (Å²) in [6, 6.07) is 27.3. The van der Waals surface area contributed by atoms with Gasteiger partial charge in [-0.05, 0) is 115 Å². The molecule has 3 aromatic carbocycles. The first kappa shape index (κ1) is 38.0. The molecule has 0 amide bonds. The van der Waals surface area contributed by atoms with E-state index in [9.17, 15) is 0 Å². The van der Waals surface area contributed by atoms with Crippen molar-refractivity contribution in [3.05, 3.63) is 102 Å². The third kappa shape index (κ3) is 12.2. The van der Waals surface area contributed by atoms with Crippen LogP contribution in [0.4, 0.5) is 11.4 Å². The van der Waals surface area contributed by atoms with E-state index < -0.39 is 13.5 Å². The van der Waals surface area contributed by atoms with Crippen LogP contribution < -0.4 is 9.80 Å². The number of aryl methyl sites for hydroxylation is 2. The standard InChI is InChI=1S/C18H33P.C17H19N2.C7H6.2ClH.Ru/c1-4-10-16(11-5-1)19(17-12-6-2-7-13-17)18-14-8-3-9-15-18;1-14-3-7-16(8-4-14)18-11-12-19(13-18)17-9-5-15(2)6-10-17;1-7-5-3-2-4-6-7;;;/h16-18H,1-15H2;3-10,13H,11-12H2,1-2H3;1-6H;2*1H;/q;-1;;;;+2/p-1. The first-order chi connectivity index (χ1) is 23.5. The van der Waals surface area contributed by atoms with E-state index in [0.717, 1.165) is 18.7 Å². The molecule has 0 unspecified atom stereocenters. The van der Waals surface area contributed by atoms with Crippen LogP contribution in [0.25, 0.3) is 0 Å². The molecule has 1 heterocycles. The van der Waals surface area contributed by atoms with Crippen molar-refractivity contribution < 1.29 is 13.5 Å². The molecule has 1 saturated heterocycles. The van der Waals surface area contributed by atoms with Gasteiger partial charge >= 0.3 is 73.4 Å². The summed E-state index contributed by atoms with van der Waals surface area (Å²) in [6.07, 6.45) is 23.8. The van der Waals surface area contributed by atoms with E-state index >= 15 is 0 Å². The van der Waals surface area contributed by atoms with Crippen molar-refractivity contribution in [1.29, 1.82) is 0 Å². The fourth-order valence-corrected chi connectivity index (χ4v) is 15.3. The van der Waals surface area contributed by atoms with Crippen LogP contribution in [0.15, 0.2) is 78.9 Å². The summed E-state index contributed by atoms with van der Waals surface area (Å²) < 4.78 is 1.92. The minimum absolute atomic E-state index is 0.0465. The Kier molecular flexibility index (Phi) is 16.3. The van der Waals surface area contributed by atoms with E-state index in [4.69, 9.17) is 19.4 Å². The molecule has 3 saturated carbocycles. The van der Waals surface area contributed by atoms with Crippen LogP contribution in [0.5, 0.6) is 0 Å². The quantitative estimate of drug-likeness (QED) is 0.139. The van der Waals surface area contributed by atoms with Crippen LogP contribution in [0.3, 0.4) is 0 Å². The zero-order valence-electron chi connectivity index (χ0n) is 29.4. The van der Waals surface area contributed by atoms with Gasteiger partial charge in [-0.2, -0.15) is 6.67 Å². The second-order valence-corrected chi connectivity index (χ2v) is 23.6. The van der Waals surface area contributed by atoms with E-state index in [0.29, 0.717) is 0 Å². The Bertz CT molecular complexity index is 1250. The average Bonchev–Trinajstić information content (AvgIpc) is 3.62. The van der Waals surface area contributed by atoms with Gasteiger partial charge in [-0.1, -0.05) is 54.7 Å². The van der Waals surface area contributed by atoms with Gasteiger partial charge in [-0.15, -0.1) is 0 Å². The van der Waals surface area contributed by atoms with Crippen molar-refractivity contribution in [2.24, 2.45) is 0 Å². The molecule has 0 bridgehead atoms. The maximum absolute atomic E-state index is 5.67. The Labute approximate surface area is 307 Å². The minimum atomic E-state index is -1.61. The first-order valence-electron chi connectivity index (χ1n) is 18.7. The molecule has 0 spiro atoms. The summed E-state index contributed by atoms with van der Waals surface area (Å²) in [5.41, 5.74) is 9.93. The predicted octanol–water partition coefficient (Wildman–Crippen LogP) is 12.7. The normalized spacial score (nSPS) is 19.6. The van der Waals surface area contributed by atoms with Crippen molar-refractivity contribution in [2.75, 3.05) is 22.9 Å². The molecule has 1 aliphatic heterocycles. The zero-order chi connectivity index (χ0) is 33.6. The van der Waals surface area contributed by atoms with Gasteiger partial charge in [0.1, 0.15) is 0 Å². The van der Waals surface area contributed by atoms with Gasteiger partial charge < -0.3 is 9.80 Å². The van der Waals surface area contributed by atoms with Crippen LogP contribution in [0.2, 0.25) is 0 Å². The van der Waals surface area contributed by atoms with Gasteiger partial charge in [0.25, 0.3) is 0 Å². The summed E-state index contributed by atoms with van der Waals surface area (Å²) in [4.78, 5) is 4.61. The molecular weight excluding hydrogens is 735 g/mol.